The van der Waals surface area contributed by atoms with Crippen molar-refractivity contribution in [3.63, 3.8) is 0 Å². The fourth-order valence-electron chi connectivity index (χ4n) is 3.94. The number of hydrogen-bond donors (Lipinski definition) is 1. The number of para-hydroxylation sites is 1. The van der Waals surface area contributed by atoms with Crippen molar-refractivity contribution < 1.29 is 9.59 Å². The number of thiazole rings is 1. The number of fused-ring (bicyclic) bond motifs is 1. The first-order valence-corrected chi connectivity index (χ1v) is 11.5. The van der Waals surface area contributed by atoms with Crippen molar-refractivity contribution in [3.8, 4) is 0 Å². The monoisotopic (exact) mass is 445 g/mol. The standard InChI is InChI=1S/C24H23N5O2S/c30-22-12-11-20(27-29(22)18-9-5-2-6-10-18)23(31)26-24-25-19-13-14-28(16-21(19)32-24)15-17-7-3-1-4-8-17/h1-10H,11-16H2,(H,25,26,31). The van der Waals surface area contributed by atoms with Gasteiger partial charge in [0.25, 0.3) is 5.91 Å². The van der Waals surface area contributed by atoms with E-state index >= 15 is 0 Å². The Morgan fingerprint density at radius 1 is 1.00 bits per heavy atom. The number of anilines is 2. The molecular formula is C24H23N5O2S. The highest BCUT2D eigenvalue weighted by molar-refractivity contribution is 7.16. The van der Waals surface area contributed by atoms with E-state index in [1.807, 2.05) is 24.3 Å². The molecular weight excluding hydrogens is 422 g/mol. The summed E-state index contributed by atoms with van der Waals surface area (Å²) in [4.78, 5) is 33.4. The van der Waals surface area contributed by atoms with Gasteiger partial charge in [-0.3, -0.25) is 19.8 Å². The van der Waals surface area contributed by atoms with Crippen molar-refractivity contribution >= 4 is 39.7 Å². The number of hydrazone groups is 1. The van der Waals surface area contributed by atoms with Crippen LogP contribution in [0.4, 0.5) is 10.8 Å². The second kappa shape index (κ2) is 9.02. The summed E-state index contributed by atoms with van der Waals surface area (Å²) in [7, 11) is 0. The molecule has 8 heteroatoms. The third-order valence-corrected chi connectivity index (χ3v) is 6.57. The smallest absolute Gasteiger partial charge is 0.273 e. The molecule has 0 bridgehead atoms. The zero-order valence-corrected chi connectivity index (χ0v) is 18.3. The molecule has 0 aliphatic carbocycles. The van der Waals surface area contributed by atoms with Crippen LogP contribution in [0.3, 0.4) is 0 Å². The fourth-order valence-corrected chi connectivity index (χ4v) is 4.98. The Labute approximate surface area is 190 Å². The van der Waals surface area contributed by atoms with Crippen LogP contribution in [0, 0.1) is 0 Å². The van der Waals surface area contributed by atoms with Gasteiger partial charge in [0.05, 0.1) is 11.4 Å². The zero-order chi connectivity index (χ0) is 21.9. The summed E-state index contributed by atoms with van der Waals surface area (Å²) < 4.78 is 0. The third kappa shape index (κ3) is 4.46. The minimum Gasteiger partial charge on any atom is -0.297 e. The molecule has 32 heavy (non-hydrogen) atoms. The summed E-state index contributed by atoms with van der Waals surface area (Å²) in [6.45, 7) is 2.68. The van der Waals surface area contributed by atoms with E-state index in [2.05, 4.69) is 44.6 Å². The SMILES string of the molecule is O=C(Nc1nc2c(s1)CN(Cc1ccccc1)CC2)C1=NN(c2ccccc2)C(=O)CC1. The Hall–Kier alpha value is -3.36. The molecule has 0 unspecified atom stereocenters. The van der Waals surface area contributed by atoms with Crippen LogP contribution in [0.2, 0.25) is 0 Å². The van der Waals surface area contributed by atoms with Gasteiger partial charge < -0.3 is 0 Å². The quantitative estimate of drug-likeness (QED) is 0.648. The maximum atomic E-state index is 12.8. The highest BCUT2D eigenvalue weighted by atomic mass is 32.1. The zero-order valence-electron chi connectivity index (χ0n) is 17.5. The van der Waals surface area contributed by atoms with E-state index in [9.17, 15) is 9.59 Å². The largest absolute Gasteiger partial charge is 0.297 e. The molecule has 0 saturated heterocycles. The Balaban J connectivity index is 1.26. The van der Waals surface area contributed by atoms with Crippen molar-refractivity contribution in [3.05, 3.63) is 76.8 Å². The summed E-state index contributed by atoms with van der Waals surface area (Å²) in [5, 5.41) is 9.13. The molecule has 162 valence electrons. The third-order valence-electron chi connectivity index (χ3n) is 5.58. The molecule has 0 atom stereocenters. The number of nitrogens with zero attached hydrogens (tertiary/aromatic N) is 4. The van der Waals surface area contributed by atoms with Crippen molar-refractivity contribution in [1.82, 2.24) is 9.88 Å². The molecule has 2 amide bonds. The number of hydrogen-bond acceptors (Lipinski definition) is 6. The molecule has 7 nitrogen and oxygen atoms in total. The number of benzene rings is 2. The lowest BCUT2D eigenvalue weighted by atomic mass is 10.1. The minimum atomic E-state index is -0.300. The summed E-state index contributed by atoms with van der Waals surface area (Å²) in [5.41, 5.74) is 3.35. The average molecular weight is 446 g/mol. The number of carbonyl (C=O) groups excluding carboxylic acids is 2. The van der Waals surface area contributed by atoms with Gasteiger partial charge in [-0.15, -0.1) is 11.3 Å². The van der Waals surface area contributed by atoms with Gasteiger partial charge in [0.2, 0.25) is 5.91 Å². The summed E-state index contributed by atoms with van der Waals surface area (Å²) in [6, 6.07) is 19.6. The molecule has 1 aromatic heterocycles. The van der Waals surface area contributed by atoms with Crippen LogP contribution in [0.25, 0.3) is 0 Å². The van der Waals surface area contributed by atoms with E-state index in [4.69, 9.17) is 0 Å². The molecule has 0 saturated carbocycles. The Bertz CT molecular complexity index is 1160. The molecule has 0 radical (unpaired) electrons. The molecule has 3 heterocycles. The molecule has 2 aliphatic rings. The van der Waals surface area contributed by atoms with E-state index in [-0.39, 0.29) is 18.2 Å². The van der Waals surface area contributed by atoms with Crippen LogP contribution in [0.15, 0.2) is 65.8 Å². The van der Waals surface area contributed by atoms with E-state index in [0.717, 1.165) is 31.7 Å². The van der Waals surface area contributed by atoms with E-state index in [0.29, 0.717) is 23.0 Å². The van der Waals surface area contributed by atoms with Crippen LogP contribution in [0.5, 0.6) is 0 Å². The Morgan fingerprint density at radius 3 is 2.53 bits per heavy atom. The fraction of sp³-hybridized carbons (Fsp3) is 0.250. The normalized spacial score (nSPS) is 16.4. The molecule has 5 rings (SSSR count). The second-order valence-electron chi connectivity index (χ2n) is 7.88. The van der Waals surface area contributed by atoms with Crippen LogP contribution in [-0.4, -0.2) is 34.0 Å². The van der Waals surface area contributed by atoms with Gasteiger partial charge in [-0.1, -0.05) is 48.5 Å². The van der Waals surface area contributed by atoms with Crippen molar-refractivity contribution in [2.24, 2.45) is 5.10 Å². The number of carbonyl (C=O) groups is 2. The predicted octanol–water partition coefficient (Wildman–Crippen LogP) is 3.82. The molecule has 3 aromatic rings. The van der Waals surface area contributed by atoms with E-state index < -0.39 is 0 Å². The number of nitrogens with one attached hydrogen (secondary N) is 1. The highest BCUT2D eigenvalue weighted by Gasteiger charge is 2.27. The first-order chi connectivity index (χ1) is 15.7. The lowest BCUT2D eigenvalue weighted by Crippen LogP contribution is -2.36. The van der Waals surface area contributed by atoms with Gasteiger partial charge in [0, 0.05) is 43.8 Å². The molecule has 0 spiro atoms. The molecule has 2 aromatic carbocycles. The van der Waals surface area contributed by atoms with E-state index in [1.54, 1.807) is 12.1 Å². The molecule has 2 aliphatic heterocycles. The van der Waals surface area contributed by atoms with Crippen molar-refractivity contribution in [2.45, 2.75) is 32.4 Å². The van der Waals surface area contributed by atoms with Gasteiger partial charge in [-0.2, -0.15) is 5.10 Å². The summed E-state index contributed by atoms with van der Waals surface area (Å²) in [5.74, 6) is -0.415. The molecule has 1 N–H and O–H groups in total. The highest BCUT2D eigenvalue weighted by Crippen LogP contribution is 2.29. The summed E-state index contributed by atoms with van der Waals surface area (Å²) in [6.07, 6.45) is 1.44. The first-order valence-electron chi connectivity index (χ1n) is 10.7. The number of rotatable bonds is 5. The van der Waals surface area contributed by atoms with Crippen LogP contribution < -0.4 is 10.3 Å². The Morgan fingerprint density at radius 2 is 1.75 bits per heavy atom. The van der Waals surface area contributed by atoms with Gasteiger partial charge in [-0.25, -0.2) is 9.99 Å². The van der Waals surface area contributed by atoms with Gasteiger partial charge in [0.1, 0.15) is 5.71 Å². The van der Waals surface area contributed by atoms with Crippen LogP contribution in [0.1, 0.15) is 29.0 Å². The first kappa shape index (κ1) is 20.5. The predicted molar refractivity (Wildman–Crippen MR) is 126 cm³/mol. The van der Waals surface area contributed by atoms with E-state index in [1.165, 1.54) is 26.8 Å². The van der Waals surface area contributed by atoms with Gasteiger partial charge >= 0.3 is 0 Å². The lowest BCUT2D eigenvalue weighted by molar-refractivity contribution is -0.118. The average Bonchev–Trinajstić information content (AvgIpc) is 3.22. The van der Waals surface area contributed by atoms with Crippen LogP contribution >= 0.6 is 11.3 Å². The van der Waals surface area contributed by atoms with Crippen LogP contribution in [-0.2, 0) is 29.1 Å². The number of aromatic nitrogens is 1. The topological polar surface area (TPSA) is 77.9 Å². The Kier molecular flexibility index (Phi) is 5.79. The van der Waals surface area contributed by atoms with Crippen molar-refractivity contribution in [1.29, 1.82) is 0 Å². The maximum Gasteiger partial charge on any atom is 0.273 e. The lowest BCUT2D eigenvalue weighted by Gasteiger charge is -2.25. The number of amides is 2. The second-order valence-corrected chi connectivity index (χ2v) is 8.96. The molecule has 0 fully saturated rings. The van der Waals surface area contributed by atoms with Crippen molar-refractivity contribution in [2.75, 3.05) is 16.9 Å². The maximum absolute atomic E-state index is 12.8. The summed E-state index contributed by atoms with van der Waals surface area (Å²) >= 11 is 1.52. The minimum absolute atomic E-state index is 0.115. The van der Waals surface area contributed by atoms with Gasteiger partial charge in [-0.05, 0) is 17.7 Å². The van der Waals surface area contributed by atoms with Gasteiger partial charge in [0.15, 0.2) is 5.13 Å².